The molecule has 2 heterocycles. The average molecular weight is 406 g/mol. The number of methoxy groups -OCH3 is 1. The maximum atomic E-state index is 12.9. The molecule has 0 unspecified atom stereocenters. The van der Waals surface area contributed by atoms with Crippen molar-refractivity contribution in [2.24, 2.45) is 5.73 Å². The minimum atomic E-state index is -3.81. The van der Waals surface area contributed by atoms with Crippen LogP contribution in [0.15, 0.2) is 53.0 Å². The molecule has 0 aliphatic heterocycles. The minimum Gasteiger partial charge on any atom is -0.497 e. The van der Waals surface area contributed by atoms with Crippen LogP contribution in [0.3, 0.4) is 0 Å². The van der Waals surface area contributed by atoms with Crippen LogP contribution in [0, 0.1) is 0 Å². The molecular formula is C17H18N4O4S2. The van der Waals surface area contributed by atoms with E-state index in [0.29, 0.717) is 10.8 Å². The van der Waals surface area contributed by atoms with Gasteiger partial charge in [-0.2, -0.15) is 9.40 Å². The van der Waals surface area contributed by atoms with E-state index in [2.05, 4.69) is 5.10 Å². The number of aromatic nitrogens is 2. The number of carbonyl (C=O) groups is 1. The highest BCUT2D eigenvalue weighted by Gasteiger charge is 2.27. The SMILES string of the molecule is COc1ccc(CN(C)S(=O)(=O)c2cc(C(N)=O)c(-n3cccn3)s2)cc1. The molecule has 0 fully saturated rings. The second-order valence-electron chi connectivity index (χ2n) is 5.71. The molecule has 0 spiro atoms. The monoisotopic (exact) mass is 406 g/mol. The van der Waals surface area contributed by atoms with Gasteiger partial charge in [-0.15, -0.1) is 11.3 Å². The average Bonchev–Trinajstić information content (AvgIpc) is 3.31. The Bertz CT molecular complexity index is 1040. The lowest BCUT2D eigenvalue weighted by molar-refractivity contribution is 0.100. The maximum Gasteiger partial charge on any atom is 0.252 e. The fourth-order valence-electron chi connectivity index (χ4n) is 2.45. The number of carbonyl (C=O) groups excluding carboxylic acids is 1. The van der Waals surface area contributed by atoms with E-state index in [0.717, 1.165) is 16.9 Å². The van der Waals surface area contributed by atoms with Crippen molar-refractivity contribution in [1.82, 2.24) is 14.1 Å². The van der Waals surface area contributed by atoms with E-state index in [9.17, 15) is 13.2 Å². The van der Waals surface area contributed by atoms with Gasteiger partial charge in [-0.25, -0.2) is 13.1 Å². The molecule has 2 N–H and O–H groups in total. The van der Waals surface area contributed by atoms with E-state index in [4.69, 9.17) is 10.5 Å². The van der Waals surface area contributed by atoms with Gasteiger partial charge in [-0.1, -0.05) is 12.1 Å². The van der Waals surface area contributed by atoms with Gasteiger partial charge in [0.25, 0.3) is 15.9 Å². The van der Waals surface area contributed by atoms with Gasteiger partial charge in [-0.05, 0) is 29.8 Å². The number of benzene rings is 1. The highest BCUT2D eigenvalue weighted by molar-refractivity contribution is 7.91. The van der Waals surface area contributed by atoms with Crippen LogP contribution >= 0.6 is 11.3 Å². The summed E-state index contributed by atoms with van der Waals surface area (Å²) in [5, 5.41) is 4.42. The first-order valence-corrected chi connectivity index (χ1v) is 10.1. The molecule has 3 aromatic rings. The summed E-state index contributed by atoms with van der Waals surface area (Å²) in [6.45, 7) is 0.174. The quantitative estimate of drug-likeness (QED) is 0.644. The summed E-state index contributed by atoms with van der Waals surface area (Å²) in [6.07, 6.45) is 3.16. The second-order valence-corrected chi connectivity index (χ2v) is 9.01. The summed E-state index contributed by atoms with van der Waals surface area (Å²) < 4.78 is 33.7. The van der Waals surface area contributed by atoms with Crippen LogP contribution in [-0.2, 0) is 16.6 Å². The van der Waals surface area contributed by atoms with Crippen molar-refractivity contribution in [3.8, 4) is 10.8 Å². The number of nitrogens with zero attached hydrogens (tertiary/aromatic N) is 3. The van der Waals surface area contributed by atoms with E-state index in [1.54, 1.807) is 43.6 Å². The van der Waals surface area contributed by atoms with Crippen LogP contribution in [0.5, 0.6) is 5.75 Å². The fourth-order valence-corrected chi connectivity index (χ4v) is 5.22. The number of nitrogens with two attached hydrogens (primary N) is 1. The molecule has 0 aliphatic rings. The first-order valence-electron chi connectivity index (χ1n) is 7.86. The Balaban J connectivity index is 1.91. The zero-order valence-electron chi connectivity index (χ0n) is 14.7. The molecule has 0 atom stereocenters. The van der Waals surface area contributed by atoms with E-state index >= 15 is 0 Å². The van der Waals surface area contributed by atoms with Crippen LogP contribution in [0.2, 0.25) is 0 Å². The summed E-state index contributed by atoms with van der Waals surface area (Å²) in [4.78, 5) is 11.7. The third-order valence-corrected chi connectivity index (χ3v) is 7.27. The normalized spacial score (nSPS) is 11.7. The van der Waals surface area contributed by atoms with Gasteiger partial charge >= 0.3 is 0 Å². The van der Waals surface area contributed by atoms with Crippen molar-refractivity contribution >= 4 is 27.3 Å². The van der Waals surface area contributed by atoms with Gasteiger partial charge in [0.2, 0.25) is 0 Å². The van der Waals surface area contributed by atoms with Gasteiger partial charge < -0.3 is 10.5 Å². The first-order chi connectivity index (χ1) is 12.8. The number of sulfonamides is 1. The third-order valence-electron chi connectivity index (χ3n) is 3.90. The van der Waals surface area contributed by atoms with Gasteiger partial charge in [0.1, 0.15) is 15.0 Å². The molecule has 0 bridgehead atoms. The van der Waals surface area contributed by atoms with Crippen LogP contribution < -0.4 is 10.5 Å². The van der Waals surface area contributed by atoms with Gasteiger partial charge in [0, 0.05) is 26.0 Å². The Morgan fingerprint density at radius 1 is 1.33 bits per heavy atom. The maximum absolute atomic E-state index is 12.9. The molecule has 8 nitrogen and oxygen atoms in total. The Kier molecular flexibility index (Phi) is 5.31. The number of ether oxygens (including phenoxy) is 1. The van der Waals surface area contributed by atoms with E-state index in [1.165, 1.54) is 28.3 Å². The molecule has 1 amide bonds. The zero-order chi connectivity index (χ0) is 19.6. The van der Waals surface area contributed by atoms with E-state index in [-0.39, 0.29) is 16.3 Å². The number of amides is 1. The number of rotatable bonds is 7. The molecule has 1 aromatic carbocycles. The number of hydrogen-bond acceptors (Lipinski definition) is 6. The second kappa shape index (κ2) is 7.51. The van der Waals surface area contributed by atoms with Crippen LogP contribution in [0.25, 0.3) is 5.00 Å². The van der Waals surface area contributed by atoms with E-state index < -0.39 is 15.9 Å². The Labute approximate surface area is 160 Å². The van der Waals surface area contributed by atoms with Crippen molar-refractivity contribution in [2.75, 3.05) is 14.2 Å². The molecule has 2 aromatic heterocycles. The Morgan fingerprint density at radius 2 is 2.04 bits per heavy atom. The Morgan fingerprint density at radius 3 is 2.59 bits per heavy atom. The minimum absolute atomic E-state index is 0.0258. The smallest absolute Gasteiger partial charge is 0.252 e. The topological polar surface area (TPSA) is 108 Å². The molecule has 0 aliphatic carbocycles. The Hall–Kier alpha value is -2.69. The molecule has 142 valence electrons. The van der Waals surface area contributed by atoms with Gasteiger partial charge in [-0.3, -0.25) is 4.79 Å². The lowest BCUT2D eigenvalue weighted by atomic mass is 10.2. The highest BCUT2D eigenvalue weighted by atomic mass is 32.2. The summed E-state index contributed by atoms with van der Waals surface area (Å²) in [5.74, 6) is -0.0199. The summed E-state index contributed by atoms with van der Waals surface area (Å²) in [6, 6.07) is 10.1. The fraction of sp³-hybridized carbons (Fsp3) is 0.176. The molecule has 27 heavy (non-hydrogen) atoms. The molecule has 3 rings (SSSR count). The standard InChI is InChI=1S/C17H18N4O4S2/c1-20(11-12-4-6-13(25-2)7-5-12)27(23,24)15-10-14(16(18)22)17(26-15)21-9-3-8-19-21/h3-10H,11H2,1-2H3,(H2,18,22). The van der Waals surface area contributed by atoms with E-state index in [1.807, 2.05) is 0 Å². The number of thiophene rings is 1. The van der Waals surface area contributed by atoms with Gasteiger partial charge in [0.05, 0.1) is 12.7 Å². The summed E-state index contributed by atoms with van der Waals surface area (Å²) >= 11 is 0.947. The van der Waals surface area contributed by atoms with Crippen LogP contribution in [0.1, 0.15) is 15.9 Å². The zero-order valence-corrected chi connectivity index (χ0v) is 16.3. The van der Waals surface area contributed by atoms with Crippen LogP contribution in [-0.4, -0.2) is 42.6 Å². The molecular weight excluding hydrogens is 388 g/mol. The number of hydrogen-bond donors (Lipinski definition) is 1. The van der Waals surface area contributed by atoms with Crippen LogP contribution in [0.4, 0.5) is 0 Å². The van der Waals surface area contributed by atoms with Crippen molar-refractivity contribution in [2.45, 2.75) is 10.8 Å². The van der Waals surface area contributed by atoms with Crippen molar-refractivity contribution in [3.05, 3.63) is 59.9 Å². The highest BCUT2D eigenvalue weighted by Crippen LogP contribution is 2.31. The number of primary amides is 1. The molecule has 10 heteroatoms. The molecule has 0 radical (unpaired) electrons. The first kappa shape index (κ1) is 19.1. The molecule has 0 saturated carbocycles. The van der Waals surface area contributed by atoms with Gasteiger partial charge in [0.15, 0.2) is 0 Å². The third kappa shape index (κ3) is 3.87. The van der Waals surface area contributed by atoms with Crippen molar-refractivity contribution in [1.29, 1.82) is 0 Å². The van der Waals surface area contributed by atoms with Crippen molar-refractivity contribution in [3.63, 3.8) is 0 Å². The predicted octanol–water partition coefficient (Wildman–Crippen LogP) is 1.86. The lowest BCUT2D eigenvalue weighted by Gasteiger charge is -2.16. The lowest BCUT2D eigenvalue weighted by Crippen LogP contribution is -2.25. The predicted molar refractivity (Wildman–Crippen MR) is 102 cm³/mol. The summed E-state index contributed by atoms with van der Waals surface area (Å²) in [7, 11) is -0.759. The molecule has 0 saturated heterocycles. The largest absolute Gasteiger partial charge is 0.497 e. The van der Waals surface area contributed by atoms with Crippen molar-refractivity contribution < 1.29 is 17.9 Å². The summed E-state index contributed by atoms with van der Waals surface area (Å²) in [5.41, 5.74) is 6.33.